The van der Waals surface area contributed by atoms with Gasteiger partial charge in [-0.15, -0.1) is 0 Å². The van der Waals surface area contributed by atoms with Crippen molar-refractivity contribution in [3.8, 4) is 11.5 Å². The molecule has 2 heterocycles. The quantitative estimate of drug-likeness (QED) is 0.829. The minimum absolute atomic E-state index is 0.0860. The maximum Gasteiger partial charge on any atom is 0.325 e. The lowest BCUT2D eigenvalue weighted by Gasteiger charge is -2.34. The van der Waals surface area contributed by atoms with Crippen molar-refractivity contribution in [2.24, 2.45) is 0 Å². The Kier molecular flexibility index (Phi) is 4.23. The number of para-hydroxylation sites is 1. The van der Waals surface area contributed by atoms with Crippen molar-refractivity contribution >= 4 is 11.7 Å². The first kappa shape index (κ1) is 16.8. The van der Waals surface area contributed by atoms with E-state index in [4.69, 9.17) is 9.47 Å². The number of benzene rings is 2. The summed E-state index contributed by atoms with van der Waals surface area (Å²) in [4.78, 5) is 17.1. The van der Waals surface area contributed by atoms with Gasteiger partial charge in [-0.25, -0.2) is 4.79 Å². The van der Waals surface area contributed by atoms with Gasteiger partial charge in [0.05, 0.1) is 14.2 Å². The molecule has 0 fully saturated rings. The molecule has 1 atom stereocenters. The summed E-state index contributed by atoms with van der Waals surface area (Å²) < 4.78 is 10.8. The summed E-state index contributed by atoms with van der Waals surface area (Å²) in [6, 6.07) is 12.5. The fraction of sp³-hybridized carbons (Fsp3) is 0.381. The van der Waals surface area contributed by atoms with Crippen LogP contribution in [0.25, 0.3) is 0 Å². The van der Waals surface area contributed by atoms with Crippen molar-refractivity contribution in [3.05, 3.63) is 53.1 Å². The van der Waals surface area contributed by atoms with Crippen molar-refractivity contribution in [2.75, 3.05) is 25.7 Å². The maximum atomic E-state index is 13.3. The fourth-order valence-corrected chi connectivity index (χ4v) is 4.06. The monoisotopic (exact) mass is 352 g/mol. The second kappa shape index (κ2) is 6.56. The van der Waals surface area contributed by atoms with Crippen LogP contribution in [0.5, 0.6) is 11.5 Å². The average Bonchev–Trinajstić information content (AvgIpc) is 3.01. The van der Waals surface area contributed by atoms with Crippen molar-refractivity contribution < 1.29 is 14.3 Å². The van der Waals surface area contributed by atoms with Gasteiger partial charge in [0.25, 0.3) is 0 Å². The van der Waals surface area contributed by atoms with Crippen LogP contribution in [0.15, 0.2) is 36.4 Å². The van der Waals surface area contributed by atoms with Crippen molar-refractivity contribution in [1.82, 2.24) is 4.90 Å². The van der Waals surface area contributed by atoms with E-state index in [9.17, 15) is 4.79 Å². The molecule has 0 saturated carbocycles. The van der Waals surface area contributed by atoms with Crippen LogP contribution in [-0.4, -0.2) is 37.7 Å². The van der Waals surface area contributed by atoms with Crippen LogP contribution < -0.4 is 14.4 Å². The van der Waals surface area contributed by atoms with Gasteiger partial charge in [0, 0.05) is 24.8 Å². The Bertz CT molecular complexity index is 849. The molecular formula is C21H24N2O3. The molecule has 4 rings (SSSR count). The Morgan fingerprint density at radius 2 is 1.73 bits per heavy atom. The van der Waals surface area contributed by atoms with Gasteiger partial charge in [0.2, 0.25) is 0 Å². The molecule has 2 aliphatic rings. The maximum absolute atomic E-state index is 13.3. The first-order valence-corrected chi connectivity index (χ1v) is 9.02. The third-order valence-electron chi connectivity index (χ3n) is 5.40. The minimum atomic E-state index is 0.0860. The van der Waals surface area contributed by atoms with Crippen LogP contribution in [0, 0.1) is 0 Å². The first-order chi connectivity index (χ1) is 12.6. The number of carbonyl (C=O) groups is 1. The Labute approximate surface area is 154 Å². The van der Waals surface area contributed by atoms with Gasteiger partial charge in [0.1, 0.15) is 0 Å². The van der Waals surface area contributed by atoms with E-state index in [1.165, 1.54) is 11.1 Å². The molecule has 0 spiro atoms. The fourth-order valence-electron chi connectivity index (χ4n) is 4.06. The Hall–Kier alpha value is -2.69. The van der Waals surface area contributed by atoms with Crippen LogP contribution in [0.4, 0.5) is 10.5 Å². The molecule has 26 heavy (non-hydrogen) atoms. The van der Waals surface area contributed by atoms with Crippen molar-refractivity contribution in [3.63, 3.8) is 0 Å². The van der Waals surface area contributed by atoms with Crippen LogP contribution in [-0.2, 0) is 19.4 Å². The number of hydrogen-bond acceptors (Lipinski definition) is 3. The first-order valence-electron chi connectivity index (χ1n) is 9.02. The molecule has 0 aliphatic carbocycles. The number of hydrogen-bond donors (Lipinski definition) is 0. The molecule has 1 unspecified atom stereocenters. The second-order valence-electron chi connectivity index (χ2n) is 6.98. The van der Waals surface area contributed by atoms with E-state index < -0.39 is 0 Å². The minimum Gasteiger partial charge on any atom is -0.493 e. The number of anilines is 1. The Morgan fingerprint density at radius 3 is 2.46 bits per heavy atom. The standard InChI is InChI=1S/C21H24N2O3/c1-14-10-16-6-4-5-7-18(16)23(14)21(24)22-9-8-15-11-19(25-2)20(26-3)12-17(15)13-22/h4-7,11-12,14H,8-10,13H2,1-3H3. The molecule has 5 heteroatoms. The molecular weight excluding hydrogens is 328 g/mol. The highest BCUT2D eigenvalue weighted by molar-refractivity contribution is 5.95. The number of rotatable bonds is 2. The number of fused-ring (bicyclic) bond motifs is 2. The summed E-state index contributed by atoms with van der Waals surface area (Å²) in [6.45, 7) is 3.43. The average molecular weight is 352 g/mol. The summed E-state index contributed by atoms with van der Waals surface area (Å²) in [5.74, 6) is 1.45. The molecule has 0 saturated heterocycles. The van der Waals surface area contributed by atoms with Crippen molar-refractivity contribution in [1.29, 1.82) is 0 Å². The number of methoxy groups -OCH3 is 2. The van der Waals surface area contributed by atoms with Crippen LogP contribution >= 0.6 is 0 Å². The lowest BCUT2D eigenvalue weighted by Crippen LogP contribution is -2.47. The Morgan fingerprint density at radius 1 is 1.04 bits per heavy atom. The number of amides is 2. The van der Waals surface area contributed by atoms with E-state index in [1.807, 2.05) is 40.1 Å². The summed E-state index contributed by atoms with van der Waals surface area (Å²) in [5, 5.41) is 0. The number of urea groups is 1. The van der Waals surface area contributed by atoms with Crippen LogP contribution in [0.1, 0.15) is 23.6 Å². The molecule has 2 aliphatic heterocycles. The third-order valence-corrected chi connectivity index (χ3v) is 5.40. The lowest BCUT2D eigenvalue weighted by molar-refractivity contribution is 0.197. The number of nitrogens with zero attached hydrogens (tertiary/aromatic N) is 2. The number of ether oxygens (including phenoxy) is 2. The van der Waals surface area contributed by atoms with Gasteiger partial charge in [-0.1, -0.05) is 18.2 Å². The molecule has 0 N–H and O–H groups in total. The van der Waals surface area contributed by atoms with Gasteiger partial charge >= 0.3 is 6.03 Å². The zero-order valence-corrected chi connectivity index (χ0v) is 15.5. The van der Waals surface area contributed by atoms with E-state index in [0.29, 0.717) is 18.8 Å². The van der Waals surface area contributed by atoms with E-state index in [2.05, 4.69) is 13.0 Å². The largest absolute Gasteiger partial charge is 0.493 e. The SMILES string of the molecule is COc1cc2c(cc1OC)CN(C(=O)N1c3ccccc3CC1C)CC2. The summed E-state index contributed by atoms with van der Waals surface area (Å²) >= 11 is 0. The lowest BCUT2D eigenvalue weighted by atomic mass is 9.99. The van der Waals surface area contributed by atoms with Gasteiger partial charge in [0.15, 0.2) is 11.5 Å². The zero-order valence-electron chi connectivity index (χ0n) is 15.5. The predicted octanol–water partition coefficient (Wildman–Crippen LogP) is 3.63. The molecule has 5 nitrogen and oxygen atoms in total. The van der Waals surface area contributed by atoms with Gasteiger partial charge in [-0.2, -0.15) is 0 Å². The molecule has 136 valence electrons. The highest BCUT2D eigenvalue weighted by Gasteiger charge is 2.34. The molecule has 0 radical (unpaired) electrons. The molecule has 2 aromatic carbocycles. The van der Waals surface area contributed by atoms with Crippen LogP contribution in [0.3, 0.4) is 0 Å². The van der Waals surface area contributed by atoms with Gasteiger partial charge in [-0.3, -0.25) is 4.90 Å². The van der Waals surface area contributed by atoms with E-state index in [0.717, 1.165) is 29.8 Å². The summed E-state index contributed by atoms with van der Waals surface area (Å²) in [7, 11) is 3.29. The van der Waals surface area contributed by atoms with Crippen molar-refractivity contribution in [2.45, 2.75) is 32.4 Å². The normalized spacial score (nSPS) is 18.3. The van der Waals surface area contributed by atoms with Gasteiger partial charge in [-0.05, 0) is 54.7 Å². The molecule has 2 aromatic rings. The zero-order chi connectivity index (χ0) is 18.3. The van der Waals surface area contributed by atoms with Gasteiger partial charge < -0.3 is 14.4 Å². The predicted molar refractivity (Wildman–Crippen MR) is 101 cm³/mol. The van der Waals surface area contributed by atoms with E-state index in [-0.39, 0.29) is 12.1 Å². The highest BCUT2D eigenvalue weighted by atomic mass is 16.5. The van der Waals surface area contributed by atoms with Crippen LogP contribution in [0.2, 0.25) is 0 Å². The third kappa shape index (κ3) is 2.68. The summed E-state index contributed by atoms with van der Waals surface area (Å²) in [6.07, 6.45) is 1.74. The number of carbonyl (C=O) groups excluding carboxylic acids is 1. The van der Waals surface area contributed by atoms with E-state index >= 15 is 0 Å². The second-order valence-corrected chi connectivity index (χ2v) is 6.98. The Balaban J connectivity index is 1.60. The van der Waals surface area contributed by atoms with E-state index in [1.54, 1.807) is 14.2 Å². The summed E-state index contributed by atoms with van der Waals surface area (Å²) in [5.41, 5.74) is 4.64. The molecule has 2 amide bonds. The smallest absolute Gasteiger partial charge is 0.325 e. The molecule has 0 bridgehead atoms. The topological polar surface area (TPSA) is 42.0 Å². The highest BCUT2D eigenvalue weighted by Crippen LogP contribution is 2.36. The molecule has 0 aromatic heterocycles.